The van der Waals surface area contributed by atoms with Crippen molar-refractivity contribution >= 4 is 109 Å². The van der Waals surface area contributed by atoms with E-state index in [1.807, 2.05) is 23.5 Å². The van der Waals surface area contributed by atoms with Gasteiger partial charge < -0.3 is 14.2 Å². The van der Waals surface area contributed by atoms with Crippen molar-refractivity contribution in [1.29, 1.82) is 0 Å². The van der Waals surface area contributed by atoms with Gasteiger partial charge in [-0.15, -0.1) is 11.3 Å². The Kier molecular flexibility index (Phi) is 10.4. The number of benzene rings is 12. The fourth-order valence-corrected chi connectivity index (χ4v) is 12.4. The van der Waals surface area contributed by atoms with Gasteiger partial charge in [0.05, 0.1) is 5.69 Å². The molecule has 0 bridgehead atoms. The first-order chi connectivity index (χ1) is 36.2. The Morgan fingerprint density at radius 1 is 0.329 bits per heavy atom. The van der Waals surface area contributed by atoms with Gasteiger partial charge in [-0.3, -0.25) is 0 Å². The lowest BCUT2D eigenvalue weighted by Gasteiger charge is -2.29. The minimum Gasteiger partial charge on any atom is -0.456 e. The number of fused-ring (bicyclic) bond motifs is 8. The molecule has 1 atom stereocenters. The molecule has 0 N–H and O–H groups in total. The summed E-state index contributed by atoms with van der Waals surface area (Å²) in [6, 6.07) is 99.3. The fraction of sp³-hybridized carbons (Fsp3) is 0.0145. The molecule has 12 aromatic carbocycles. The van der Waals surface area contributed by atoms with Crippen LogP contribution in [0.4, 0.5) is 34.1 Å². The predicted octanol–water partition coefficient (Wildman–Crippen LogP) is 20.0. The van der Waals surface area contributed by atoms with Gasteiger partial charge in [0, 0.05) is 76.8 Å². The smallest absolute Gasteiger partial charge is 0.137 e. The second-order valence-corrected chi connectivity index (χ2v) is 19.9. The Labute approximate surface area is 427 Å². The lowest BCUT2D eigenvalue weighted by molar-refractivity contribution is 0.669. The maximum Gasteiger partial charge on any atom is 0.137 e. The first kappa shape index (κ1) is 42.6. The quantitative estimate of drug-likeness (QED) is 0.127. The topological polar surface area (TPSA) is 19.6 Å². The third-order valence-corrected chi connectivity index (χ3v) is 15.8. The molecule has 0 saturated heterocycles. The van der Waals surface area contributed by atoms with E-state index in [-0.39, 0.29) is 5.92 Å². The van der Waals surface area contributed by atoms with Gasteiger partial charge in [0.1, 0.15) is 11.2 Å². The van der Waals surface area contributed by atoms with Gasteiger partial charge in [0.15, 0.2) is 0 Å². The van der Waals surface area contributed by atoms with Gasteiger partial charge in [-0.05, 0) is 123 Å². The van der Waals surface area contributed by atoms with E-state index in [4.69, 9.17) is 4.42 Å². The monoisotopic (exact) mass is 950 g/mol. The highest BCUT2D eigenvalue weighted by atomic mass is 32.1. The molecule has 0 spiro atoms. The van der Waals surface area contributed by atoms with Gasteiger partial charge in [-0.1, -0.05) is 188 Å². The SMILES string of the molecule is c1ccc(C(c2cccc(N(c3ccc4sc5c(-c6ccc(N(c7ccccc7)c7ccc8c(c7)oc7ccccc78)cc6)cccc5c4c3)c3cccc4ccccc34)c2)c2cccc3ccccc23)cc1. The molecule has 344 valence electrons. The molecule has 14 aromatic rings. The summed E-state index contributed by atoms with van der Waals surface area (Å²) in [5.41, 5.74) is 14.5. The minimum atomic E-state index is 0.0193. The lowest BCUT2D eigenvalue weighted by atomic mass is 9.82. The second kappa shape index (κ2) is 17.9. The van der Waals surface area contributed by atoms with Gasteiger partial charge in [-0.2, -0.15) is 0 Å². The molecule has 0 aliphatic carbocycles. The van der Waals surface area contributed by atoms with Crippen LogP contribution in [0, 0.1) is 0 Å². The molecule has 0 radical (unpaired) electrons. The number of furan rings is 1. The highest BCUT2D eigenvalue weighted by Crippen LogP contribution is 2.47. The van der Waals surface area contributed by atoms with Crippen LogP contribution < -0.4 is 9.80 Å². The van der Waals surface area contributed by atoms with Crippen molar-refractivity contribution in [2.24, 2.45) is 0 Å². The van der Waals surface area contributed by atoms with E-state index < -0.39 is 0 Å². The molecule has 73 heavy (non-hydrogen) atoms. The van der Waals surface area contributed by atoms with E-state index in [1.165, 1.54) is 69.5 Å². The van der Waals surface area contributed by atoms with Crippen LogP contribution in [0.25, 0.3) is 74.8 Å². The first-order valence-corrected chi connectivity index (χ1v) is 25.7. The second-order valence-electron chi connectivity index (χ2n) is 18.8. The molecular formula is C69H46N2OS. The molecule has 3 nitrogen and oxygen atoms in total. The average Bonchev–Trinajstić information content (AvgIpc) is 4.02. The zero-order valence-corrected chi connectivity index (χ0v) is 40.6. The highest BCUT2D eigenvalue weighted by molar-refractivity contribution is 7.26. The van der Waals surface area contributed by atoms with Crippen molar-refractivity contribution in [3.05, 3.63) is 290 Å². The van der Waals surface area contributed by atoms with Crippen molar-refractivity contribution in [3.63, 3.8) is 0 Å². The summed E-state index contributed by atoms with van der Waals surface area (Å²) < 4.78 is 8.90. The predicted molar refractivity (Wildman–Crippen MR) is 310 cm³/mol. The third-order valence-electron chi connectivity index (χ3n) is 14.5. The van der Waals surface area contributed by atoms with Crippen molar-refractivity contribution in [3.8, 4) is 11.1 Å². The molecule has 4 heteroatoms. The van der Waals surface area contributed by atoms with Crippen LogP contribution in [0.5, 0.6) is 0 Å². The Morgan fingerprint density at radius 3 is 1.73 bits per heavy atom. The largest absolute Gasteiger partial charge is 0.456 e. The molecule has 14 rings (SSSR count). The third kappa shape index (κ3) is 7.51. The van der Waals surface area contributed by atoms with Crippen molar-refractivity contribution in [2.75, 3.05) is 9.80 Å². The molecule has 0 amide bonds. The van der Waals surface area contributed by atoms with Crippen molar-refractivity contribution in [1.82, 2.24) is 0 Å². The molecule has 0 aliphatic heterocycles. The summed E-state index contributed by atoms with van der Waals surface area (Å²) in [6.07, 6.45) is 0. The molecule has 2 heterocycles. The van der Waals surface area contributed by atoms with Crippen molar-refractivity contribution < 1.29 is 4.42 Å². The van der Waals surface area contributed by atoms with E-state index in [9.17, 15) is 0 Å². The Hall–Kier alpha value is -9.22. The summed E-state index contributed by atoms with van der Waals surface area (Å²) in [6.45, 7) is 0. The number of para-hydroxylation sites is 2. The van der Waals surface area contributed by atoms with Crippen LogP contribution in [-0.2, 0) is 0 Å². The Bertz CT molecular complexity index is 4340. The number of rotatable bonds is 10. The van der Waals surface area contributed by atoms with E-state index in [0.717, 1.165) is 56.1 Å². The lowest BCUT2D eigenvalue weighted by Crippen LogP contribution is -2.12. The normalized spacial score (nSPS) is 12.1. The van der Waals surface area contributed by atoms with Crippen molar-refractivity contribution in [2.45, 2.75) is 5.92 Å². The number of hydrogen-bond donors (Lipinski definition) is 0. The van der Waals surface area contributed by atoms with E-state index in [1.54, 1.807) is 0 Å². The summed E-state index contributed by atoms with van der Waals surface area (Å²) in [5.74, 6) is 0.0193. The number of nitrogens with zero attached hydrogens (tertiary/aromatic N) is 2. The fourth-order valence-electron chi connectivity index (χ4n) is 11.2. The van der Waals surface area contributed by atoms with Crippen LogP contribution in [0.15, 0.2) is 277 Å². The zero-order chi connectivity index (χ0) is 48.2. The highest BCUT2D eigenvalue weighted by Gasteiger charge is 2.23. The van der Waals surface area contributed by atoms with Crippen LogP contribution in [0.1, 0.15) is 22.6 Å². The number of hydrogen-bond acceptors (Lipinski definition) is 4. The average molecular weight is 951 g/mol. The molecule has 0 aliphatic rings. The molecule has 0 saturated carbocycles. The molecule has 0 fully saturated rings. The van der Waals surface area contributed by atoms with E-state index >= 15 is 0 Å². The van der Waals surface area contributed by atoms with E-state index in [0.29, 0.717) is 0 Å². The minimum absolute atomic E-state index is 0.0193. The van der Waals surface area contributed by atoms with E-state index in [2.05, 4.69) is 271 Å². The van der Waals surface area contributed by atoms with Gasteiger partial charge in [0.2, 0.25) is 0 Å². The number of thiophene rings is 1. The van der Waals surface area contributed by atoms with Crippen LogP contribution >= 0.6 is 11.3 Å². The Morgan fingerprint density at radius 2 is 0.890 bits per heavy atom. The number of anilines is 6. The van der Waals surface area contributed by atoms with Gasteiger partial charge in [-0.25, -0.2) is 0 Å². The summed E-state index contributed by atoms with van der Waals surface area (Å²) in [5, 5.41) is 9.66. The van der Waals surface area contributed by atoms with Crippen LogP contribution in [0.3, 0.4) is 0 Å². The summed E-state index contributed by atoms with van der Waals surface area (Å²) >= 11 is 1.87. The first-order valence-electron chi connectivity index (χ1n) is 24.9. The van der Waals surface area contributed by atoms with Gasteiger partial charge in [0.25, 0.3) is 0 Å². The maximum atomic E-state index is 6.37. The maximum absolute atomic E-state index is 6.37. The molecular weight excluding hydrogens is 905 g/mol. The zero-order valence-electron chi connectivity index (χ0n) is 39.8. The van der Waals surface area contributed by atoms with Gasteiger partial charge >= 0.3 is 0 Å². The van der Waals surface area contributed by atoms with Crippen LogP contribution in [0.2, 0.25) is 0 Å². The standard InChI is InChI=1S/C69H46N2OS/c1-3-19-49(20-4-1)68(61-31-14-21-46-17-7-9-27-56(46)61)50-23-13-26-53(43-50)71(64-33-15-22-47-18-8-10-28-57(47)64)54-40-42-67-63(44-54)62-32-16-30-58(69(62)73-67)48-35-37-52(38-36-48)70(51-24-5-2-6-25-51)55-39-41-60-59-29-11-12-34-65(59)72-66(60)45-55/h1-45,68H. The summed E-state index contributed by atoms with van der Waals surface area (Å²) in [7, 11) is 0. The molecule has 1 unspecified atom stereocenters. The molecule has 2 aromatic heterocycles. The van der Waals surface area contributed by atoms with Crippen LogP contribution in [-0.4, -0.2) is 0 Å². The summed E-state index contributed by atoms with van der Waals surface area (Å²) in [4.78, 5) is 4.77. The Balaban J connectivity index is 0.876.